The summed E-state index contributed by atoms with van der Waals surface area (Å²) in [4.78, 5) is 46.1. The van der Waals surface area contributed by atoms with Gasteiger partial charge < -0.3 is 20.3 Å². The van der Waals surface area contributed by atoms with E-state index in [9.17, 15) is 23.2 Å². The number of ether oxygens (including phenoxy) is 1. The lowest BCUT2D eigenvalue weighted by atomic mass is 10.1. The van der Waals surface area contributed by atoms with Crippen molar-refractivity contribution in [2.45, 2.75) is 39.8 Å². The first-order valence-electron chi connectivity index (χ1n) is 10.3. The first-order chi connectivity index (χ1) is 15.5. The van der Waals surface area contributed by atoms with Gasteiger partial charge in [0.25, 0.3) is 17.7 Å². The Morgan fingerprint density at radius 1 is 1.24 bits per heavy atom. The lowest BCUT2D eigenvalue weighted by molar-refractivity contribution is -0.118. The molecule has 33 heavy (non-hydrogen) atoms. The number of nitrogens with one attached hydrogen (secondary N) is 2. The van der Waals surface area contributed by atoms with Gasteiger partial charge in [-0.3, -0.25) is 19.4 Å². The molecule has 2 aromatic rings. The van der Waals surface area contributed by atoms with Gasteiger partial charge in [-0.05, 0) is 24.6 Å². The molecule has 11 heteroatoms. The Labute approximate surface area is 189 Å². The summed E-state index contributed by atoms with van der Waals surface area (Å²) in [6.07, 6.45) is 2.88. The van der Waals surface area contributed by atoms with Crippen molar-refractivity contribution in [3.05, 3.63) is 52.5 Å². The third-order valence-corrected chi connectivity index (χ3v) is 4.84. The molecule has 3 heterocycles. The van der Waals surface area contributed by atoms with Crippen LogP contribution >= 0.6 is 0 Å². The molecule has 1 aliphatic rings. The second kappa shape index (κ2) is 9.88. The molecular weight excluding hydrogens is 436 g/mol. The number of nitrogens with zero attached hydrogens (tertiary/aromatic N) is 3. The topological polar surface area (TPSA) is 114 Å². The predicted octanol–water partition coefficient (Wildman–Crippen LogP) is 1.84. The van der Waals surface area contributed by atoms with Crippen LogP contribution in [0.2, 0.25) is 0 Å². The number of carbonyl (C=O) groups excluding carboxylic acids is 3. The predicted molar refractivity (Wildman–Crippen MR) is 114 cm³/mol. The molecule has 0 spiro atoms. The lowest BCUT2D eigenvalue weighted by Crippen LogP contribution is -2.34. The molecule has 3 rings (SSSR count). The van der Waals surface area contributed by atoms with Gasteiger partial charge in [0, 0.05) is 69.1 Å². The number of rotatable bonds is 9. The van der Waals surface area contributed by atoms with Crippen LogP contribution in [0.3, 0.4) is 0 Å². The largest absolute Gasteiger partial charge is 0.471 e. The molecule has 0 unspecified atom stereocenters. The number of hydrogen-bond donors (Lipinski definition) is 2. The summed E-state index contributed by atoms with van der Waals surface area (Å²) in [6.45, 7) is 3.98. The van der Waals surface area contributed by atoms with Gasteiger partial charge in [0.15, 0.2) is 6.61 Å². The van der Waals surface area contributed by atoms with E-state index >= 15 is 0 Å². The molecule has 2 aromatic heterocycles. The van der Waals surface area contributed by atoms with Crippen molar-refractivity contribution >= 4 is 17.7 Å². The van der Waals surface area contributed by atoms with E-state index in [2.05, 4.69) is 20.6 Å². The van der Waals surface area contributed by atoms with Crippen LogP contribution in [0.5, 0.6) is 5.88 Å². The third kappa shape index (κ3) is 6.21. The molecule has 0 fully saturated rings. The monoisotopic (exact) mass is 461 g/mol. The summed E-state index contributed by atoms with van der Waals surface area (Å²) in [5.74, 6) is -3.74. The molecule has 9 nitrogen and oxygen atoms in total. The molecule has 0 radical (unpaired) electrons. The first kappa shape index (κ1) is 24.0. The van der Waals surface area contributed by atoms with E-state index in [1.165, 1.54) is 19.3 Å². The number of alkyl halides is 2. The fourth-order valence-electron chi connectivity index (χ4n) is 3.38. The summed E-state index contributed by atoms with van der Waals surface area (Å²) >= 11 is 0. The first-order valence-corrected chi connectivity index (χ1v) is 10.3. The molecule has 1 aliphatic heterocycles. The highest BCUT2D eigenvalue weighted by atomic mass is 19.3. The van der Waals surface area contributed by atoms with Crippen LogP contribution < -0.4 is 15.4 Å². The Balaban J connectivity index is 1.67. The van der Waals surface area contributed by atoms with E-state index in [1.807, 2.05) is 0 Å². The number of hydrogen-bond acceptors (Lipinski definition) is 6. The van der Waals surface area contributed by atoms with Crippen molar-refractivity contribution in [2.75, 3.05) is 19.7 Å². The summed E-state index contributed by atoms with van der Waals surface area (Å²) < 4.78 is 31.1. The number of fused-ring (bicyclic) bond motifs is 1. The minimum atomic E-state index is -2.97. The maximum atomic E-state index is 13.0. The molecule has 0 aliphatic carbocycles. The summed E-state index contributed by atoms with van der Waals surface area (Å²) in [7, 11) is 0. The maximum Gasteiger partial charge on any atom is 0.278 e. The van der Waals surface area contributed by atoms with Crippen LogP contribution in [-0.2, 0) is 17.9 Å². The molecule has 0 bridgehead atoms. The summed E-state index contributed by atoms with van der Waals surface area (Å²) in [5.41, 5.74) is 2.34. The smallest absolute Gasteiger partial charge is 0.278 e. The van der Waals surface area contributed by atoms with Crippen molar-refractivity contribution in [1.29, 1.82) is 0 Å². The second-order valence-corrected chi connectivity index (χ2v) is 7.91. The number of aryl methyl sites for hydroxylation is 1. The van der Waals surface area contributed by atoms with E-state index in [-0.39, 0.29) is 49.6 Å². The van der Waals surface area contributed by atoms with Gasteiger partial charge in [0.2, 0.25) is 11.8 Å². The van der Waals surface area contributed by atoms with E-state index in [0.29, 0.717) is 22.3 Å². The van der Waals surface area contributed by atoms with Crippen LogP contribution in [0.4, 0.5) is 8.78 Å². The van der Waals surface area contributed by atoms with Crippen molar-refractivity contribution in [2.24, 2.45) is 0 Å². The van der Waals surface area contributed by atoms with E-state index in [1.54, 1.807) is 24.0 Å². The highest BCUT2D eigenvalue weighted by molar-refractivity contribution is 6.03. The average Bonchev–Trinajstić information content (AvgIpc) is 3.05. The molecule has 3 amide bonds. The SMILES string of the molecule is CC(=O)NCCNC(=O)c1nccc2c1CN(Cc1cnc(OCC(C)(F)F)c(C)c1)C2=O. The zero-order valence-corrected chi connectivity index (χ0v) is 18.6. The molecule has 0 atom stereocenters. The Morgan fingerprint density at radius 3 is 2.64 bits per heavy atom. The van der Waals surface area contributed by atoms with Crippen molar-refractivity contribution in [3.8, 4) is 5.88 Å². The van der Waals surface area contributed by atoms with Gasteiger partial charge in [-0.25, -0.2) is 13.8 Å². The molecule has 0 saturated heterocycles. The van der Waals surface area contributed by atoms with Crippen molar-refractivity contribution in [1.82, 2.24) is 25.5 Å². The fraction of sp³-hybridized carbons (Fsp3) is 0.409. The zero-order valence-electron chi connectivity index (χ0n) is 18.6. The average molecular weight is 461 g/mol. The summed E-state index contributed by atoms with van der Waals surface area (Å²) in [6, 6.07) is 3.29. The van der Waals surface area contributed by atoms with Crippen LogP contribution in [0.25, 0.3) is 0 Å². The van der Waals surface area contributed by atoms with Crippen LogP contribution in [0.1, 0.15) is 51.4 Å². The van der Waals surface area contributed by atoms with E-state index in [4.69, 9.17) is 4.74 Å². The highest BCUT2D eigenvalue weighted by Crippen LogP contribution is 2.27. The van der Waals surface area contributed by atoms with Gasteiger partial charge in [-0.15, -0.1) is 0 Å². The van der Waals surface area contributed by atoms with Gasteiger partial charge in [0.1, 0.15) is 5.69 Å². The number of carbonyl (C=O) groups is 3. The number of amides is 3. The zero-order chi connectivity index (χ0) is 24.2. The molecule has 2 N–H and O–H groups in total. The van der Waals surface area contributed by atoms with Crippen LogP contribution in [0.15, 0.2) is 24.5 Å². The Morgan fingerprint density at radius 2 is 1.97 bits per heavy atom. The number of pyridine rings is 2. The maximum absolute atomic E-state index is 13.0. The Kier molecular flexibility index (Phi) is 7.19. The molecule has 0 aromatic carbocycles. The minimum Gasteiger partial charge on any atom is -0.471 e. The van der Waals surface area contributed by atoms with Gasteiger partial charge >= 0.3 is 0 Å². The molecule has 176 valence electrons. The van der Waals surface area contributed by atoms with Gasteiger partial charge in [-0.1, -0.05) is 0 Å². The van der Waals surface area contributed by atoms with Crippen molar-refractivity contribution in [3.63, 3.8) is 0 Å². The quantitative estimate of drug-likeness (QED) is 0.551. The second-order valence-electron chi connectivity index (χ2n) is 7.91. The fourth-order valence-corrected chi connectivity index (χ4v) is 3.38. The minimum absolute atomic E-state index is 0.110. The van der Waals surface area contributed by atoms with Gasteiger partial charge in [-0.2, -0.15) is 0 Å². The van der Waals surface area contributed by atoms with E-state index < -0.39 is 18.4 Å². The Bertz CT molecular complexity index is 1070. The standard InChI is InChI=1S/C22H25F2N5O4/c1-13-8-15(9-28-20(13)33-12-22(3,23)24)10-29-11-17-16(21(29)32)4-5-26-18(17)19(31)27-7-6-25-14(2)30/h4-5,8-9H,6-7,10-12H2,1-3H3,(H,25,30)(H,27,31). The molecular formula is C22H25F2N5O4. The van der Waals surface area contributed by atoms with Crippen molar-refractivity contribution < 1.29 is 27.9 Å². The summed E-state index contributed by atoms with van der Waals surface area (Å²) in [5, 5.41) is 5.26. The Hall–Kier alpha value is -3.63. The lowest BCUT2D eigenvalue weighted by Gasteiger charge is -2.17. The number of halogens is 2. The van der Waals surface area contributed by atoms with E-state index in [0.717, 1.165) is 6.92 Å². The van der Waals surface area contributed by atoms with Crippen LogP contribution in [0, 0.1) is 6.92 Å². The highest BCUT2D eigenvalue weighted by Gasteiger charge is 2.32. The normalized spacial score (nSPS) is 13.0. The van der Waals surface area contributed by atoms with Gasteiger partial charge in [0.05, 0.1) is 0 Å². The molecule has 0 saturated carbocycles. The third-order valence-electron chi connectivity index (χ3n) is 4.84. The number of aromatic nitrogens is 2. The van der Waals surface area contributed by atoms with Crippen LogP contribution in [-0.4, -0.2) is 58.2 Å².